The Balaban J connectivity index is 0.00000162. The number of pyridine rings is 1. The van der Waals surface area contributed by atoms with Crippen molar-refractivity contribution < 1.29 is 33.7 Å². The van der Waals surface area contributed by atoms with Gasteiger partial charge in [-0.25, -0.2) is 0 Å². The minimum absolute atomic E-state index is 0. The van der Waals surface area contributed by atoms with Crippen molar-refractivity contribution in [2.45, 2.75) is 39.2 Å². The first-order valence-corrected chi connectivity index (χ1v) is 6.42. The molecular formula is C15H20INO. The van der Waals surface area contributed by atoms with Gasteiger partial charge in [0.15, 0.2) is 6.20 Å². The average Bonchev–Trinajstić information content (AvgIpc) is 2.34. The Bertz CT molecular complexity index is 499. The predicted octanol–water partition coefficient (Wildman–Crippen LogP) is 0.417. The fourth-order valence-electron chi connectivity index (χ4n) is 2.17. The largest absolute Gasteiger partial charge is 1.00 e. The molecule has 2 rings (SSSR count). The summed E-state index contributed by atoms with van der Waals surface area (Å²) in [6, 6.07) is 9.65. The van der Waals surface area contributed by atoms with Crippen molar-refractivity contribution in [2.24, 2.45) is 0 Å². The molecule has 0 atom stereocenters. The van der Waals surface area contributed by atoms with Crippen LogP contribution in [-0.2, 0) is 6.54 Å². The van der Waals surface area contributed by atoms with Crippen LogP contribution in [0.3, 0.4) is 0 Å². The number of rotatable bonds is 5. The highest BCUT2D eigenvalue weighted by atomic mass is 127. The highest BCUT2D eigenvalue weighted by Gasteiger charge is 2.07. The third-order valence-corrected chi connectivity index (χ3v) is 3.11. The second-order valence-corrected chi connectivity index (χ2v) is 4.51. The summed E-state index contributed by atoms with van der Waals surface area (Å²) in [6.45, 7) is 3.29. The molecule has 0 saturated heterocycles. The van der Waals surface area contributed by atoms with Gasteiger partial charge >= 0.3 is 0 Å². The highest BCUT2D eigenvalue weighted by Crippen LogP contribution is 2.16. The fraction of sp³-hybridized carbons (Fsp3) is 0.400. The SMILES string of the molecule is CCCCCC[n+]1cccc2cc(O)ccc21.[I-]. The number of aryl methyl sites for hydroxylation is 1. The molecule has 0 aliphatic heterocycles. The average molecular weight is 357 g/mol. The van der Waals surface area contributed by atoms with Crippen LogP contribution in [0, 0.1) is 0 Å². The Morgan fingerprint density at radius 1 is 1.11 bits per heavy atom. The molecule has 18 heavy (non-hydrogen) atoms. The van der Waals surface area contributed by atoms with Crippen LogP contribution in [-0.4, -0.2) is 5.11 Å². The summed E-state index contributed by atoms with van der Waals surface area (Å²) in [4.78, 5) is 0. The van der Waals surface area contributed by atoms with E-state index in [1.165, 1.54) is 31.2 Å². The molecule has 2 aromatic rings. The summed E-state index contributed by atoms with van der Waals surface area (Å²) >= 11 is 0. The van der Waals surface area contributed by atoms with Gasteiger partial charge in [-0.1, -0.05) is 19.8 Å². The number of phenolic OH excluding ortho intramolecular Hbond substituents is 1. The lowest BCUT2D eigenvalue weighted by molar-refractivity contribution is -0.671. The first kappa shape index (κ1) is 15.2. The summed E-state index contributed by atoms with van der Waals surface area (Å²) in [5.74, 6) is 0.334. The molecule has 0 bridgehead atoms. The van der Waals surface area contributed by atoms with E-state index in [9.17, 15) is 5.11 Å². The number of aromatic hydroxyl groups is 1. The summed E-state index contributed by atoms with van der Waals surface area (Å²) in [5.41, 5.74) is 1.20. The molecule has 1 aromatic carbocycles. The second-order valence-electron chi connectivity index (χ2n) is 4.51. The van der Waals surface area contributed by atoms with Crippen LogP contribution in [0.5, 0.6) is 5.75 Å². The van der Waals surface area contributed by atoms with Crippen molar-refractivity contribution in [1.29, 1.82) is 0 Å². The Kier molecular flexibility index (Phi) is 6.39. The van der Waals surface area contributed by atoms with Crippen molar-refractivity contribution >= 4 is 10.9 Å². The van der Waals surface area contributed by atoms with Gasteiger partial charge < -0.3 is 29.1 Å². The molecule has 0 fully saturated rings. The molecule has 1 N–H and O–H groups in total. The monoisotopic (exact) mass is 357 g/mol. The van der Waals surface area contributed by atoms with Crippen LogP contribution in [0.2, 0.25) is 0 Å². The molecule has 0 aliphatic carbocycles. The molecule has 0 unspecified atom stereocenters. The van der Waals surface area contributed by atoms with E-state index in [1.54, 1.807) is 6.07 Å². The van der Waals surface area contributed by atoms with Crippen molar-refractivity contribution in [3.8, 4) is 5.75 Å². The number of halogens is 1. The lowest BCUT2D eigenvalue weighted by Crippen LogP contribution is -3.00. The zero-order valence-corrected chi connectivity index (χ0v) is 12.9. The zero-order chi connectivity index (χ0) is 12.1. The quantitative estimate of drug-likeness (QED) is 0.468. The summed E-state index contributed by atoms with van der Waals surface area (Å²) < 4.78 is 2.27. The van der Waals surface area contributed by atoms with Gasteiger partial charge in [-0.2, -0.15) is 4.57 Å². The Morgan fingerprint density at radius 2 is 1.94 bits per heavy atom. The topological polar surface area (TPSA) is 24.1 Å². The van der Waals surface area contributed by atoms with E-state index in [4.69, 9.17) is 0 Å². The second kappa shape index (κ2) is 7.56. The van der Waals surface area contributed by atoms with Gasteiger partial charge in [-0.05, 0) is 24.6 Å². The molecular weight excluding hydrogens is 337 g/mol. The maximum Gasteiger partial charge on any atom is 0.212 e. The number of aromatic nitrogens is 1. The van der Waals surface area contributed by atoms with E-state index >= 15 is 0 Å². The first-order chi connectivity index (χ1) is 8.31. The molecule has 1 heterocycles. The van der Waals surface area contributed by atoms with Crippen LogP contribution in [0.25, 0.3) is 10.9 Å². The number of nitrogens with zero attached hydrogens (tertiary/aromatic N) is 1. The molecule has 0 spiro atoms. The fourth-order valence-corrected chi connectivity index (χ4v) is 2.17. The Morgan fingerprint density at radius 3 is 2.72 bits per heavy atom. The van der Waals surface area contributed by atoms with Gasteiger partial charge in [0, 0.05) is 18.6 Å². The molecule has 98 valence electrons. The third kappa shape index (κ3) is 3.83. The first-order valence-electron chi connectivity index (χ1n) is 6.42. The van der Waals surface area contributed by atoms with E-state index in [0.29, 0.717) is 5.75 Å². The van der Waals surface area contributed by atoms with E-state index in [-0.39, 0.29) is 24.0 Å². The smallest absolute Gasteiger partial charge is 0.212 e. The normalized spacial score (nSPS) is 10.3. The molecule has 0 saturated carbocycles. The molecule has 1 aromatic heterocycles. The van der Waals surface area contributed by atoms with Crippen LogP contribution < -0.4 is 28.5 Å². The van der Waals surface area contributed by atoms with Crippen LogP contribution >= 0.6 is 0 Å². The maximum absolute atomic E-state index is 9.46. The molecule has 3 heteroatoms. The van der Waals surface area contributed by atoms with Gasteiger partial charge in [0.25, 0.3) is 0 Å². The van der Waals surface area contributed by atoms with Crippen LogP contribution in [0.15, 0.2) is 36.5 Å². The van der Waals surface area contributed by atoms with Gasteiger partial charge in [0.1, 0.15) is 12.3 Å². The summed E-state index contributed by atoms with van der Waals surface area (Å²) in [7, 11) is 0. The van der Waals surface area contributed by atoms with Crippen molar-refractivity contribution in [1.82, 2.24) is 0 Å². The van der Waals surface area contributed by atoms with Crippen molar-refractivity contribution in [2.75, 3.05) is 0 Å². The van der Waals surface area contributed by atoms with Gasteiger partial charge in [0.2, 0.25) is 5.52 Å². The lowest BCUT2D eigenvalue weighted by atomic mass is 10.2. The number of benzene rings is 1. The van der Waals surface area contributed by atoms with E-state index < -0.39 is 0 Å². The van der Waals surface area contributed by atoms with Gasteiger partial charge in [0.05, 0.1) is 5.39 Å². The number of fused-ring (bicyclic) bond motifs is 1. The summed E-state index contributed by atoms with van der Waals surface area (Å²) in [6.07, 6.45) is 7.21. The number of hydrogen-bond donors (Lipinski definition) is 1. The van der Waals surface area contributed by atoms with Crippen molar-refractivity contribution in [3.05, 3.63) is 36.5 Å². The lowest BCUT2D eigenvalue weighted by Gasteiger charge is -2.01. The molecule has 2 nitrogen and oxygen atoms in total. The number of hydrogen-bond acceptors (Lipinski definition) is 1. The molecule has 0 amide bonds. The zero-order valence-electron chi connectivity index (χ0n) is 10.8. The predicted molar refractivity (Wildman–Crippen MR) is 69.9 cm³/mol. The third-order valence-electron chi connectivity index (χ3n) is 3.11. The van der Waals surface area contributed by atoms with Gasteiger partial charge in [-0.3, -0.25) is 0 Å². The number of phenols is 1. The standard InChI is InChI=1S/C15H19NO.HI/c1-2-3-4-5-10-16-11-6-7-13-12-14(17)8-9-15(13)16;/h6-9,11-12H,2-5,10H2,1H3;1H. The van der Waals surface area contributed by atoms with Gasteiger partial charge in [-0.15, -0.1) is 0 Å². The highest BCUT2D eigenvalue weighted by molar-refractivity contribution is 5.76. The van der Waals surface area contributed by atoms with E-state index in [0.717, 1.165) is 11.9 Å². The summed E-state index contributed by atoms with van der Waals surface area (Å²) in [5, 5.41) is 10.6. The van der Waals surface area contributed by atoms with E-state index in [1.807, 2.05) is 24.3 Å². The maximum atomic E-state index is 9.46. The molecule has 0 radical (unpaired) electrons. The van der Waals surface area contributed by atoms with Crippen LogP contribution in [0.1, 0.15) is 32.6 Å². The van der Waals surface area contributed by atoms with Crippen LogP contribution in [0.4, 0.5) is 0 Å². The Hall–Kier alpha value is -0.840. The number of unbranched alkanes of at least 4 members (excludes halogenated alkanes) is 3. The minimum Gasteiger partial charge on any atom is -1.00 e. The molecule has 0 aliphatic rings. The van der Waals surface area contributed by atoms with Crippen molar-refractivity contribution in [3.63, 3.8) is 0 Å². The van der Waals surface area contributed by atoms with E-state index in [2.05, 4.69) is 17.7 Å². The minimum atomic E-state index is 0. The Labute approximate surface area is 126 Å².